The van der Waals surface area contributed by atoms with Crippen LogP contribution in [0.4, 0.5) is 0 Å². The molecule has 1 aliphatic heterocycles. The lowest BCUT2D eigenvalue weighted by atomic mass is 10.2. The smallest absolute Gasteiger partial charge is 0.00313 e. The molecule has 0 aliphatic carbocycles. The van der Waals surface area contributed by atoms with E-state index in [-0.39, 0.29) is 0 Å². The second-order valence-corrected chi connectivity index (χ2v) is 5.75. The molecule has 1 fully saturated rings. The molecule has 0 radical (unpaired) electrons. The molecule has 0 aromatic carbocycles. The van der Waals surface area contributed by atoms with Crippen LogP contribution in [0.3, 0.4) is 0 Å². The first-order valence-electron chi connectivity index (χ1n) is 6.80. The predicted octanol–water partition coefficient (Wildman–Crippen LogP) is 2.97. The van der Waals surface area contributed by atoms with Crippen LogP contribution in [0.15, 0.2) is 0 Å². The Morgan fingerprint density at radius 1 is 1.00 bits per heavy atom. The molecule has 0 aromatic rings. The highest BCUT2D eigenvalue weighted by Gasteiger charge is 2.10. The molecule has 0 amide bonds. The van der Waals surface area contributed by atoms with Crippen molar-refractivity contribution < 1.29 is 0 Å². The van der Waals surface area contributed by atoms with Crippen molar-refractivity contribution in [2.75, 3.05) is 45.1 Å². The summed E-state index contributed by atoms with van der Waals surface area (Å²) in [5, 5.41) is 1.16. The Labute approximate surface area is 109 Å². The van der Waals surface area contributed by atoms with Crippen molar-refractivity contribution in [1.82, 2.24) is 9.80 Å². The van der Waals surface area contributed by atoms with Crippen LogP contribution in [0.2, 0.25) is 0 Å². The normalized spacial score (nSPS) is 17.4. The molecule has 3 heteroatoms. The summed E-state index contributed by atoms with van der Waals surface area (Å²) in [5.74, 6) is 0. The summed E-state index contributed by atoms with van der Waals surface area (Å²) in [4.78, 5) is 5.10. The monoisotopic (exact) mass is 290 g/mol. The minimum absolute atomic E-state index is 1.16. The van der Waals surface area contributed by atoms with Crippen molar-refractivity contribution >= 4 is 15.9 Å². The fourth-order valence-corrected chi connectivity index (χ4v) is 2.73. The zero-order valence-electron chi connectivity index (χ0n) is 10.8. The molecule has 0 unspecified atom stereocenters. The third-order valence-corrected chi connectivity index (χ3v) is 3.95. The molecule has 0 N–H and O–H groups in total. The highest BCUT2D eigenvalue weighted by atomic mass is 79.9. The summed E-state index contributed by atoms with van der Waals surface area (Å²) in [6, 6.07) is 0. The Hall–Kier alpha value is 0.400. The van der Waals surface area contributed by atoms with Gasteiger partial charge in [-0.25, -0.2) is 0 Å². The maximum Gasteiger partial charge on any atom is 0.00313 e. The summed E-state index contributed by atoms with van der Waals surface area (Å²) in [7, 11) is 2.26. The SMILES string of the molecule is CN(CCCCCBr)CCCN1CCCC1. The molecule has 96 valence electrons. The van der Waals surface area contributed by atoms with E-state index >= 15 is 0 Å². The summed E-state index contributed by atoms with van der Waals surface area (Å²) in [6.45, 7) is 6.54. The van der Waals surface area contributed by atoms with E-state index in [1.807, 2.05) is 0 Å². The van der Waals surface area contributed by atoms with E-state index in [0.29, 0.717) is 0 Å². The van der Waals surface area contributed by atoms with Gasteiger partial charge >= 0.3 is 0 Å². The fraction of sp³-hybridized carbons (Fsp3) is 1.00. The maximum atomic E-state index is 3.48. The first-order chi connectivity index (χ1) is 7.83. The van der Waals surface area contributed by atoms with Gasteiger partial charge in [0.2, 0.25) is 0 Å². The molecule has 0 bridgehead atoms. The zero-order valence-corrected chi connectivity index (χ0v) is 12.3. The van der Waals surface area contributed by atoms with E-state index in [1.54, 1.807) is 0 Å². The first kappa shape index (κ1) is 14.5. The van der Waals surface area contributed by atoms with Crippen LogP contribution in [0.25, 0.3) is 0 Å². The number of hydrogen-bond donors (Lipinski definition) is 0. The van der Waals surface area contributed by atoms with Gasteiger partial charge in [-0.05, 0) is 71.9 Å². The van der Waals surface area contributed by atoms with Crippen LogP contribution in [0.1, 0.15) is 38.5 Å². The van der Waals surface area contributed by atoms with Gasteiger partial charge in [0.1, 0.15) is 0 Å². The summed E-state index contributed by atoms with van der Waals surface area (Å²) in [5.41, 5.74) is 0. The van der Waals surface area contributed by atoms with Gasteiger partial charge in [0, 0.05) is 5.33 Å². The van der Waals surface area contributed by atoms with Crippen LogP contribution in [-0.2, 0) is 0 Å². The lowest BCUT2D eigenvalue weighted by molar-refractivity contribution is 0.276. The molecule has 2 nitrogen and oxygen atoms in total. The van der Waals surface area contributed by atoms with Crippen LogP contribution in [0, 0.1) is 0 Å². The van der Waals surface area contributed by atoms with Crippen molar-refractivity contribution in [3.63, 3.8) is 0 Å². The predicted molar refractivity (Wildman–Crippen MR) is 75.4 cm³/mol. The van der Waals surface area contributed by atoms with Crippen LogP contribution < -0.4 is 0 Å². The van der Waals surface area contributed by atoms with Crippen LogP contribution >= 0.6 is 15.9 Å². The van der Waals surface area contributed by atoms with Crippen LogP contribution in [-0.4, -0.2) is 54.9 Å². The van der Waals surface area contributed by atoms with Gasteiger partial charge in [-0.2, -0.15) is 0 Å². The number of alkyl halides is 1. The molecule has 0 atom stereocenters. The Kier molecular flexibility index (Phi) is 8.52. The maximum absolute atomic E-state index is 3.48. The minimum atomic E-state index is 1.16. The average Bonchev–Trinajstić information content (AvgIpc) is 2.77. The van der Waals surface area contributed by atoms with Crippen LogP contribution in [0.5, 0.6) is 0 Å². The zero-order chi connectivity index (χ0) is 11.6. The van der Waals surface area contributed by atoms with Crippen molar-refractivity contribution in [2.45, 2.75) is 38.5 Å². The Bertz CT molecular complexity index is 158. The topological polar surface area (TPSA) is 6.48 Å². The molecule has 0 aromatic heterocycles. The first-order valence-corrected chi connectivity index (χ1v) is 7.92. The molecule has 16 heavy (non-hydrogen) atoms. The van der Waals surface area contributed by atoms with Gasteiger partial charge in [-0.3, -0.25) is 0 Å². The highest BCUT2D eigenvalue weighted by Crippen LogP contribution is 2.07. The van der Waals surface area contributed by atoms with Gasteiger partial charge in [-0.1, -0.05) is 22.4 Å². The van der Waals surface area contributed by atoms with Gasteiger partial charge in [0.15, 0.2) is 0 Å². The number of hydrogen-bond acceptors (Lipinski definition) is 2. The molecule has 1 saturated heterocycles. The number of nitrogens with zero attached hydrogens (tertiary/aromatic N) is 2. The number of halogens is 1. The molecule has 0 spiro atoms. The molecule has 0 saturated carbocycles. The van der Waals surface area contributed by atoms with Gasteiger partial charge in [0.25, 0.3) is 0 Å². The summed E-state index contributed by atoms with van der Waals surface area (Å²) in [6.07, 6.45) is 8.22. The van der Waals surface area contributed by atoms with Crippen molar-refractivity contribution in [2.24, 2.45) is 0 Å². The minimum Gasteiger partial charge on any atom is -0.306 e. The third-order valence-electron chi connectivity index (χ3n) is 3.39. The van der Waals surface area contributed by atoms with Crippen molar-refractivity contribution in [3.05, 3.63) is 0 Å². The molecular weight excluding hydrogens is 264 g/mol. The number of unbranched alkanes of at least 4 members (excludes halogenated alkanes) is 2. The second kappa shape index (κ2) is 9.43. The van der Waals surface area contributed by atoms with E-state index in [2.05, 4.69) is 32.8 Å². The van der Waals surface area contributed by atoms with Crippen molar-refractivity contribution in [3.8, 4) is 0 Å². The summed E-state index contributed by atoms with van der Waals surface area (Å²) < 4.78 is 0. The standard InChI is InChI=1S/C13H27BrN2/c1-15(9-4-2-3-8-14)10-7-13-16-11-5-6-12-16/h2-13H2,1H3. The van der Waals surface area contributed by atoms with E-state index in [0.717, 1.165) is 5.33 Å². The van der Waals surface area contributed by atoms with Gasteiger partial charge in [0.05, 0.1) is 0 Å². The lowest BCUT2D eigenvalue weighted by Crippen LogP contribution is -2.26. The van der Waals surface area contributed by atoms with E-state index in [1.165, 1.54) is 71.2 Å². The molecular formula is C13H27BrN2. The molecule has 1 rings (SSSR count). The van der Waals surface area contributed by atoms with Gasteiger partial charge in [-0.15, -0.1) is 0 Å². The lowest BCUT2D eigenvalue weighted by Gasteiger charge is -2.19. The highest BCUT2D eigenvalue weighted by molar-refractivity contribution is 9.09. The number of likely N-dealkylation sites (tertiary alicyclic amines) is 1. The van der Waals surface area contributed by atoms with Gasteiger partial charge < -0.3 is 9.80 Å². The second-order valence-electron chi connectivity index (χ2n) is 4.96. The fourth-order valence-electron chi connectivity index (χ4n) is 2.34. The van der Waals surface area contributed by atoms with E-state index in [9.17, 15) is 0 Å². The van der Waals surface area contributed by atoms with Crippen molar-refractivity contribution in [1.29, 1.82) is 0 Å². The summed E-state index contributed by atoms with van der Waals surface area (Å²) >= 11 is 3.48. The Balaban J connectivity index is 1.87. The quantitative estimate of drug-likeness (QED) is 0.476. The van der Waals surface area contributed by atoms with E-state index < -0.39 is 0 Å². The Morgan fingerprint density at radius 2 is 1.69 bits per heavy atom. The number of rotatable bonds is 9. The third kappa shape index (κ3) is 6.87. The molecule has 1 heterocycles. The Morgan fingerprint density at radius 3 is 2.38 bits per heavy atom. The average molecular weight is 291 g/mol. The largest absolute Gasteiger partial charge is 0.306 e. The molecule has 1 aliphatic rings. The van der Waals surface area contributed by atoms with E-state index in [4.69, 9.17) is 0 Å².